The first-order chi connectivity index (χ1) is 9.50. The first-order valence-electron chi connectivity index (χ1n) is 7.26. The summed E-state index contributed by atoms with van der Waals surface area (Å²) in [7, 11) is 1.84. The van der Waals surface area contributed by atoms with Crippen LogP contribution >= 0.6 is 11.9 Å². The van der Waals surface area contributed by atoms with Crippen LogP contribution in [0.4, 0.5) is 0 Å². The maximum atomic E-state index is 5.87. The lowest BCUT2D eigenvalue weighted by Gasteiger charge is -2.38. The highest BCUT2D eigenvalue weighted by Crippen LogP contribution is 2.68. The molecule has 0 aromatic carbocycles. The molecule has 2 fully saturated rings. The van der Waals surface area contributed by atoms with E-state index in [2.05, 4.69) is 25.2 Å². The Bertz CT molecular complexity index is 497. The summed E-state index contributed by atoms with van der Waals surface area (Å²) in [5.74, 6) is 1.48. The first kappa shape index (κ1) is 14.2. The third-order valence-electron chi connectivity index (χ3n) is 5.86. The van der Waals surface area contributed by atoms with Gasteiger partial charge < -0.3 is 9.15 Å². The molecular formula is C16H23NO2S. The van der Waals surface area contributed by atoms with E-state index in [4.69, 9.17) is 9.15 Å². The molecular weight excluding hydrogens is 270 g/mol. The Labute approximate surface area is 125 Å². The third kappa shape index (κ3) is 1.88. The fraction of sp³-hybridized carbons (Fsp3) is 0.688. The van der Waals surface area contributed by atoms with Crippen molar-refractivity contribution >= 4 is 18.2 Å². The third-order valence-corrected chi connectivity index (χ3v) is 6.90. The van der Waals surface area contributed by atoms with E-state index in [1.807, 2.05) is 19.2 Å². The summed E-state index contributed by atoms with van der Waals surface area (Å²) in [6.07, 6.45) is 6.32. The van der Waals surface area contributed by atoms with Gasteiger partial charge in [-0.2, -0.15) is 0 Å². The highest BCUT2D eigenvalue weighted by molar-refractivity contribution is 7.98. The standard InChI is InChI=1S/C16H23NO2S/c1-15(2)12-7-8-16(15,3)14(18-4)13(12)20-17-10-11-6-5-9-19-11/h5-6,9-10,12-14H,7-8H2,1-4H3/b17-10+/t12-,13-,14-,16+/m1/s1. The van der Waals surface area contributed by atoms with Gasteiger partial charge in [0.05, 0.1) is 23.8 Å². The Balaban J connectivity index is 1.77. The Morgan fingerprint density at radius 3 is 2.90 bits per heavy atom. The summed E-state index contributed by atoms with van der Waals surface area (Å²) < 4.78 is 15.7. The lowest BCUT2D eigenvalue weighted by atomic mass is 9.70. The molecule has 0 saturated heterocycles. The van der Waals surface area contributed by atoms with Gasteiger partial charge in [0.25, 0.3) is 0 Å². The molecule has 4 heteroatoms. The van der Waals surface area contributed by atoms with Gasteiger partial charge >= 0.3 is 0 Å². The number of rotatable bonds is 4. The molecule has 4 atom stereocenters. The number of ether oxygens (including phenoxy) is 1. The van der Waals surface area contributed by atoms with Crippen molar-refractivity contribution in [2.24, 2.45) is 21.1 Å². The second-order valence-corrected chi connectivity index (χ2v) is 7.73. The Hall–Kier alpha value is -0.740. The minimum absolute atomic E-state index is 0.268. The van der Waals surface area contributed by atoms with Crippen LogP contribution in [0.5, 0.6) is 0 Å². The lowest BCUT2D eigenvalue weighted by molar-refractivity contribution is -0.0176. The maximum absolute atomic E-state index is 5.87. The van der Waals surface area contributed by atoms with Gasteiger partial charge in [-0.1, -0.05) is 20.8 Å². The molecule has 2 aliphatic carbocycles. The monoisotopic (exact) mass is 293 g/mol. The predicted molar refractivity (Wildman–Crippen MR) is 83.1 cm³/mol. The van der Waals surface area contributed by atoms with Gasteiger partial charge in [0.2, 0.25) is 0 Å². The minimum atomic E-state index is 0.268. The fourth-order valence-corrected chi connectivity index (χ4v) is 5.71. The largest absolute Gasteiger partial charge is 0.463 e. The second-order valence-electron chi connectivity index (χ2n) is 6.76. The van der Waals surface area contributed by atoms with Crippen LogP contribution in [0.15, 0.2) is 27.2 Å². The molecule has 1 aromatic heterocycles. The summed E-state index contributed by atoms with van der Waals surface area (Å²) in [5.41, 5.74) is 0.593. The van der Waals surface area contributed by atoms with Crippen molar-refractivity contribution in [3.05, 3.63) is 24.2 Å². The highest BCUT2D eigenvalue weighted by atomic mass is 32.2. The molecule has 2 aliphatic rings. The zero-order valence-corrected chi connectivity index (χ0v) is 13.4. The summed E-state index contributed by atoms with van der Waals surface area (Å²) >= 11 is 1.66. The van der Waals surface area contributed by atoms with E-state index in [-0.39, 0.29) is 11.5 Å². The Morgan fingerprint density at radius 2 is 2.25 bits per heavy atom. The molecule has 0 amide bonds. The maximum Gasteiger partial charge on any atom is 0.145 e. The lowest BCUT2D eigenvalue weighted by Crippen LogP contribution is -2.39. The smallest absolute Gasteiger partial charge is 0.145 e. The quantitative estimate of drug-likeness (QED) is 0.617. The highest BCUT2D eigenvalue weighted by Gasteiger charge is 2.66. The van der Waals surface area contributed by atoms with Gasteiger partial charge in [-0.3, -0.25) is 0 Å². The number of hydrogen-bond acceptors (Lipinski definition) is 4. The topological polar surface area (TPSA) is 34.7 Å². The predicted octanol–water partition coefficient (Wildman–Crippen LogP) is 4.19. The van der Waals surface area contributed by atoms with Crippen molar-refractivity contribution in [3.63, 3.8) is 0 Å². The van der Waals surface area contributed by atoms with Crippen LogP contribution in [0.2, 0.25) is 0 Å². The van der Waals surface area contributed by atoms with Gasteiger partial charge in [0.15, 0.2) is 0 Å². The van der Waals surface area contributed by atoms with Crippen LogP contribution in [0.25, 0.3) is 0 Å². The van der Waals surface area contributed by atoms with Gasteiger partial charge in [0, 0.05) is 12.5 Å². The van der Waals surface area contributed by atoms with Crippen LogP contribution in [-0.4, -0.2) is 24.7 Å². The molecule has 2 bridgehead atoms. The number of methoxy groups -OCH3 is 1. The van der Waals surface area contributed by atoms with Crippen LogP contribution < -0.4 is 0 Å². The van der Waals surface area contributed by atoms with E-state index in [0.29, 0.717) is 16.6 Å². The summed E-state index contributed by atoms with van der Waals surface area (Å²) in [5, 5.41) is 0.444. The zero-order chi connectivity index (χ0) is 14.4. The van der Waals surface area contributed by atoms with E-state index < -0.39 is 0 Å². The number of furan rings is 1. The molecule has 3 nitrogen and oxygen atoms in total. The van der Waals surface area contributed by atoms with E-state index in [0.717, 1.165) is 5.76 Å². The SMILES string of the molecule is CO[C@@H]1[C@H](S/N=C/c2ccco2)[C@H]2CC[C@]1(C)C2(C)C. The van der Waals surface area contributed by atoms with Gasteiger partial charge in [-0.15, -0.1) is 0 Å². The van der Waals surface area contributed by atoms with Crippen molar-refractivity contribution in [2.45, 2.75) is 45.0 Å². The minimum Gasteiger partial charge on any atom is -0.463 e. The van der Waals surface area contributed by atoms with E-state index in [1.54, 1.807) is 24.4 Å². The number of fused-ring (bicyclic) bond motifs is 2. The molecule has 0 N–H and O–H groups in total. The average Bonchev–Trinajstić information content (AvgIpc) is 3.02. The van der Waals surface area contributed by atoms with Crippen LogP contribution in [0.3, 0.4) is 0 Å². The fourth-order valence-electron chi connectivity index (χ4n) is 4.26. The summed E-state index contributed by atoms with van der Waals surface area (Å²) in [6.45, 7) is 7.18. The Morgan fingerprint density at radius 1 is 1.45 bits per heavy atom. The van der Waals surface area contributed by atoms with Crippen molar-refractivity contribution in [3.8, 4) is 0 Å². The van der Waals surface area contributed by atoms with Crippen molar-refractivity contribution in [2.75, 3.05) is 7.11 Å². The van der Waals surface area contributed by atoms with Crippen LogP contribution in [-0.2, 0) is 4.74 Å². The molecule has 1 aromatic rings. The molecule has 1 heterocycles. The van der Waals surface area contributed by atoms with Crippen molar-refractivity contribution < 1.29 is 9.15 Å². The van der Waals surface area contributed by atoms with Crippen molar-refractivity contribution in [1.29, 1.82) is 0 Å². The molecule has 0 radical (unpaired) electrons. The van der Waals surface area contributed by atoms with Crippen LogP contribution in [0, 0.1) is 16.7 Å². The van der Waals surface area contributed by atoms with E-state index >= 15 is 0 Å². The average molecular weight is 293 g/mol. The molecule has 20 heavy (non-hydrogen) atoms. The number of hydrogen-bond donors (Lipinski definition) is 0. The zero-order valence-electron chi connectivity index (χ0n) is 12.6. The molecule has 0 spiro atoms. The summed E-state index contributed by atoms with van der Waals surface area (Å²) in [6, 6.07) is 3.80. The molecule has 0 aliphatic heterocycles. The Kier molecular flexibility index (Phi) is 3.49. The van der Waals surface area contributed by atoms with Crippen LogP contribution in [0.1, 0.15) is 39.4 Å². The summed E-state index contributed by atoms with van der Waals surface area (Å²) in [4.78, 5) is 0. The van der Waals surface area contributed by atoms with Gasteiger partial charge in [0.1, 0.15) is 5.76 Å². The first-order valence-corrected chi connectivity index (χ1v) is 8.10. The normalized spacial score (nSPS) is 38.9. The molecule has 0 unspecified atom stereocenters. The number of nitrogens with zero attached hydrogens (tertiary/aromatic N) is 1. The van der Waals surface area contributed by atoms with Gasteiger partial charge in [-0.05, 0) is 48.3 Å². The van der Waals surface area contributed by atoms with Crippen molar-refractivity contribution in [1.82, 2.24) is 0 Å². The van der Waals surface area contributed by atoms with E-state index in [9.17, 15) is 0 Å². The van der Waals surface area contributed by atoms with Gasteiger partial charge in [-0.25, -0.2) is 4.40 Å². The van der Waals surface area contributed by atoms with E-state index in [1.165, 1.54) is 12.8 Å². The second kappa shape index (κ2) is 4.92. The molecule has 110 valence electrons. The molecule has 2 saturated carbocycles. The molecule has 3 rings (SSSR count).